The van der Waals surface area contributed by atoms with E-state index in [1.54, 1.807) is 30.6 Å². The lowest BCUT2D eigenvalue weighted by Gasteiger charge is -2.10. The average Bonchev–Trinajstić information content (AvgIpc) is 3.07. The molecule has 1 amide bonds. The monoisotopic (exact) mass is 374 g/mol. The van der Waals surface area contributed by atoms with Crippen LogP contribution in [0.5, 0.6) is 0 Å². The number of benzene rings is 1. The van der Waals surface area contributed by atoms with Crippen molar-refractivity contribution in [2.24, 2.45) is 0 Å². The minimum Gasteiger partial charge on any atom is -0.350 e. The SMILES string of the molecule is CC(CNC(=O)c1cc2ccc(Br)cc2c(=O)[nH]1)c1ncc[nH]1. The van der Waals surface area contributed by atoms with E-state index in [1.165, 1.54) is 0 Å². The number of amides is 1. The van der Waals surface area contributed by atoms with Crippen molar-refractivity contribution in [3.05, 3.63) is 63.0 Å². The van der Waals surface area contributed by atoms with E-state index in [4.69, 9.17) is 0 Å². The summed E-state index contributed by atoms with van der Waals surface area (Å²) in [7, 11) is 0. The minimum atomic E-state index is -0.315. The van der Waals surface area contributed by atoms with Gasteiger partial charge in [0.15, 0.2) is 0 Å². The maximum Gasteiger partial charge on any atom is 0.267 e. The van der Waals surface area contributed by atoms with Gasteiger partial charge in [-0.2, -0.15) is 0 Å². The molecule has 0 spiro atoms. The number of carbonyl (C=O) groups excluding carboxylic acids is 1. The normalized spacial score (nSPS) is 12.3. The number of rotatable bonds is 4. The number of halogens is 1. The molecule has 0 saturated carbocycles. The molecule has 0 radical (unpaired) electrons. The zero-order valence-corrected chi connectivity index (χ0v) is 14.0. The number of fused-ring (bicyclic) bond motifs is 1. The molecule has 7 heteroatoms. The van der Waals surface area contributed by atoms with Gasteiger partial charge in [0.25, 0.3) is 11.5 Å². The summed E-state index contributed by atoms with van der Waals surface area (Å²) in [6.45, 7) is 2.38. The molecule has 1 aromatic carbocycles. The van der Waals surface area contributed by atoms with E-state index in [9.17, 15) is 9.59 Å². The largest absolute Gasteiger partial charge is 0.350 e. The number of nitrogens with one attached hydrogen (secondary N) is 3. The molecule has 2 aromatic heterocycles. The van der Waals surface area contributed by atoms with Crippen LogP contribution in [0.3, 0.4) is 0 Å². The molecule has 0 aliphatic carbocycles. The van der Waals surface area contributed by atoms with Gasteiger partial charge in [0.05, 0.1) is 0 Å². The van der Waals surface area contributed by atoms with Gasteiger partial charge in [-0.1, -0.05) is 28.9 Å². The van der Waals surface area contributed by atoms with E-state index >= 15 is 0 Å². The first kappa shape index (κ1) is 15.5. The zero-order valence-electron chi connectivity index (χ0n) is 12.4. The van der Waals surface area contributed by atoms with Crippen LogP contribution in [-0.4, -0.2) is 27.4 Å². The summed E-state index contributed by atoms with van der Waals surface area (Å²) in [6.07, 6.45) is 3.42. The molecular weight excluding hydrogens is 360 g/mol. The van der Waals surface area contributed by atoms with E-state index in [0.29, 0.717) is 11.9 Å². The van der Waals surface area contributed by atoms with Crippen LogP contribution >= 0.6 is 15.9 Å². The Labute approximate surface area is 140 Å². The van der Waals surface area contributed by atoms with Gasteiger partial charge in [-0.3, -0.25) is 9.59 Å². The van der Waals surface area contributed by atoms with Gasteiger partial charge in [0.1, 0.15) is 11.5 Å². The number of aromatic nitrogens is 3. The lowest BCUT2D eigenvalue weighted by Crippen LogP contribution is -2.30. The molecule has 118 valence electrons. The molecule has 0 bridgehead atoms. The fourth-order valence-corrected chi connectivity index (χ4v) is 2.70. The van der Waals surface area contributed by atoms with Crippen LogP contribution in [0, 0.1) is 0 Å². The van der Waals surface area contributed by atoms with E-state index in [-0.39, 0.29) is 23.1 Å². The van der Waals surface area contributed by atoms with Crippen molar-refractivity contribution >= 4 is 32.6 Å². The molecule has 0 fully saturated rings. The van der Waals surface area contributed by atoms with Crippen LogP contribution in [0.1, 0.15) is 29.2 Å². The maximum absolute atomic E-state index is 12.3. The quantitative estimate of drug-likeness (QED) is 0.655. The third kappa shape index (κ3) is 3.34. The van der Waals surface area contributed by atoms with Gasteiger partial charge < -0.3 is 15.3 Å². The molecule has 0 aliphatic rings. The summed E-state index contributed by atoms with van der Waals surface area (Å²) in [6, 6.07) is 7.05. The van der Waals surface area contributed by atoms with Crippen molar-refractivity contribution in [2.75, 3.05) is 6.54 Å². The van der Waals surface area contributed by atoms with Gasteiger partial charge in [-0.15, -0.1) is 0 Å². The number of carbonyl (C=O) groups is 1. The highest BCUT2D eigenvalue weighted by Crippen LogP contribution is 2.17. The molecule has 0 aliphatic heterocycles. The molecule has 2 heterocycles. The van der Waals surface area contributed by atoms with Gasteiger partial charge in [-0.25, -0.2) is 4.98 Å². The van der Waals surface area contributed by atoms with Crippen LogP contribution in [0.15, 0.2) is 45.9 Å². The fourth-order valence-electron chi connectivity index (χ4n) is 2.34. The summed E-state index contributed by atoms with van der Waals surface area (Å²) in [5, 5.41) is 4.08. The first-order valence-electron chi connectivity index (χ1n) is 7.14. The van der Waals surface area contributed by atoms with Crippen molar-refractivity contribution in [3.63, 3.8) is 0 Å². The molecular formula is C16H15BrN4O2. The van der Waals surface area contributed by atoms with Crippen molar-refractivity contribution < 1.29 is 4.79 Å². The number of aromatic amines is 2. The third-order valence-corrected chi connectivity index (χ3v) is 4.10. The Hall–Kier alpha value is -2.41. The van der Waals surface area contributed by atoms with Crippen LogP contribution in [0.25, 0.3) is 10.8 Å². The van der Waals surface area contributed by atoms with Gasteiger partial charge in [0.2, 0.25) is 0 Å². The molecule has 3 aromatic rings. The number of nitrogens with zero attached hydrogens (tertiary/aromatic N) is 1. The standard InChI is InChI=1S/C16H15BrN4O2/c1-9(14-18-4-5-19-14)8-20-16(23)13-6-10-2-3-11(17)7-12(10)15(22)21-13/h2-7,9H,8H2,1H3,(H,18,19)(H,20,23)(H,21,22). The van der Waals surface area contributed by atoms with Crippen molar-refractivity contribution in [3.8, 4) is 0 Å². The van der Waals surface area contributed by atoms with E-state index < -0.39 is 0 Å². The molecule has 1 unspecified atom stereocenters. The number of imidazole rings is 1. The van der Waals surface area contributed by atoms with Gasteiger partial charge >= 0.3 is 0 Å². The summed E-state index contributed by atoms with van der Waals surface area (Å²) in [5.41, 5.74) is -0.0375. The highest BCUT2D eigenvalue weighted by Gasteiger charge is 2.13. The van der Waals surface area contributed by atoms with E-state index in [1.807, 2.05) is 13.0 Å². The highest BCUT2D eigenvalue weighted by atomic mass is 79.9. The number of pyridine rings is 1. The van der Waals surface area contributed by atoms with Crippen LogP contribution in [-0.2, 0) is 0 Å². The number of hydrogen-bond donors (Lipinski definition) is 3. The Morgan fingerprint density at radius 1 is 1.39 bits per heavy atom. The van der Waals surface area contributed by atoms with Crippen LogP contribution < -0.4 is 10.9 Å². The second kappa shape index (κ2) is 6.37. The third-order valence-electron chi connectivity index (χ3n) is 3.61. The maximum atomic E-state index is 12.3. The first-order valence-corrected chi connectivity index (χ1v) is 7.94. The Bertz CT molecular complexity index is 902. The second-order valence-electron chi connectivity index (χ2n) is 5.33. The summed E-state index contributed by atoms with van der Waals surface area (Å²) >= 11 is 3.33. The van der Waals surface area contributed by atoms with Crippen molar-refractivity contribution in [1.82, 2.24) is 20.3 Å². The summed E-state index contributed by atoms with van der Waals surface area (Å²) in [4.78, 5) is 34.2. The van der Waals surface area contributed by atoms with Gasteiger partial charge in [0, 0.05) is 34.7 Å². The lowest BCUT2D eigenvalue weighted by molar-refractivity contribution is 0.0946. The highest BCUT2D eigenvalue weighted by molar-refractivity contribution is 9.10. The smallest absolute Gasteiger partial charge is 0.267 e. The Morgan fingerprint density at radius 3 is 2.96 bits per heavy atom. The average molecular weight is 375 g/mol. The van der Waals surface area contributed by atoms with Gasteiger partial charge in [-0.05, 0) is 23.6 Å². The van der Waals surface area contributed by atoms with E-state index in [0.717, 1.165) is 15.7 Å². The number of H-pyrrole nitrogens is 2. The molecule has 0 saturated heterocycles. The predicted octanol–water partition coefficient (Wildman–Crippen LogP) is 2.55. The molecule has 3 N–H and O–H groups in total. The lowest BCUT2D eigenvalue weighted by atomic mass is 10.1. The Kier molecular flexibility index (Phi) is 4.29. The van der Waals surface area contributed by atoms with Crippen molar-refractivity contribution in [2.45, 2.75) is 12.8 Å². The van der Waals surface area contributed by atoms with Crippen molar-refractivity contribution in [1.29, 1.82) is 0 Å². The fraction of sp³-hybridized carbons (Fsp3) is 0.188. The first-order chi connectivity index (χ1) is 11.0. The zero-order chi connectivity index (χ0) is 16.4. The number of hydrogen-bond acceptors (Lipinski definition) is 3. The van der Waals surface area contributed by atoms with Crippen LogP contribution in [0.2, 0.25) is 0 Å². The molecule has 1 atom stereocenters. The molecule has 6 nitrogen and oxygen atoms in total. The summed E-state index contributed by atoms with van der Waals surface area (Å²) < 4.78 is 0.819. The summed E-state index contributed by atoms with van der Waals surface area (Å²) in [5.74, 6) is 0.546. The Morgan fingerprint density at radius 2 is 2.22 bits per heavy atom. The molecule has 3 rings (SSSR count). The minimum absolute atomic E-state index is 0.0529. The van der Waals surface area contributed by atoms with E-state index in [2.05, 4.69) is 36.2 Å². The second-order valence-corrected chi connectivity index (χ2v) is 6.24. The predicted molar refractivity (Wildman–Crippen MR) is 91.6 cm³/mol. The molecule has 23 heavy (non-hydrogen) atoms. The van der Waals surface area contributed by atoms with Crippen LogP contribution in [0.4, 0.5) is 0 Å². The Balaban J connectivity index is 1.78. The topological polar surface area (TPSA) is 90.6 Å².